The fourth-order valence-corrected chi connectivity index (χ4v) is 3.22. The van der Waals surface area contributed by atoms with Crippen molar-refractivity contribution in [2.24, 2.45) is 0 Å². The number of carbonyl (C=O) groups is 1. The maximum atomic E-state index is 12.1. The lowest BCUT2D eigenvalue weighted by atomic mass is 10.2. The van der Waals surface area contributed by atoms with Gasteiger partial charge in [0.2, 0.25) is 0 Å². The molecule has 0 saturated carbocycles. The van der Waals surface area contributed by atoms with Crippen molar-refractivity contribution in [3.8, 4) is 5.75 Å². The number of ether oxygens (including phenoxy) is 2. The van der Waals surface area contributed by atoms with Crippen molar-refractivity contribution in [3.05, 3.63) is 28.2 Å². The molecule has 0 aliphatic carbocycles. The highest BCUT2D eigenvalue weighted by Gasteiger charge is 2.16. The molecular formula is C13H17BrO4S. The maximum Gasteiger partial charge on any atom is 0.306 e. The third-order valence-corrected chi connectivity index (χ3v) is 4.96. The van der Waals surface area contributed by atoms with E-state index < -0.39 is 10.8 Å². The van der Waals surface area contributed by atoms with Gasteiger partial charge in [-0.05, 0) is 33.6 Å². The molecule has 2 atom stereocenters. The first kappa shape index (κ1) is 16.2. The van der Waals surface area contributed by atoms with E-state index in [0.29, 0.717) is 5.75 Å². The van der Waals surface area contributed by atoms with Gasteiger partial charge < -0.3 is 9.47 Å². The number of esters is 1. The van der Waals surface area contributed by atoms with Gasteiger partial charge in [0, 0.05) is 21.8 Å². The van der Waals surface area contributed by atoms with Crippen molar-refractivity contribution in [1.82, 2.24) is 0 Å². The van der Waals surface area contributed by atoms with E-state index in [4.69, 9.17) is 4.74 Å². The van der Waals surface area contributed by atoms with Crippen LogP contribution in [-0.4, -0.2) is 29.6 Å². The second-order valence-electron chi connectivity index (χ2n) is 4.08. The first-order valence-corrected chi connectivity index (χ1v) is 7.91. The molecule has 0 heterocycles. The molecule has 0 fully saturated rings. The molecule has 106 valence electrons. The minimum Gasteiger partial charge on any atom is -0.496 e. The van der Waals surface area contributed by atoms with Crippen molar-refractivity contribution in [2.75, 3.05) is 14.2 Å². The summed E-state index contributed by atoms with van der Waals surface area (Å²) in [6.07, 6.45) is 0.167. The smallest absolute Gasteiger partial charge is 0.306 e. The Bertz CT molecular complexity index is 476. The second kappa shape index (κ2) is 7.65. The molecule has 0 aliphatic heterocycles. The quantitative estimate of drug-likeness (QED) is 0.741. The maximum absolute atomic E-state index is 12.1. The van der Waals surface area contributed by atoms with Crippen molar-refractivity contribution in [1.29, 1.82) is 0 Å². The zero-order valence-electron chi connectivity index (χ0n) is 11.1. The molecule has 1 aromatic carbocycles. The molecule has 6 heteroatoms. The highest BCUT2D eigenvalue weighted by atomic mass is 79.9. The van der Waals surface area contributed by atoms with Crippen LogP contribution >= 0.6 is 15.9 Å². The Kier molecular flexibility index (Phi) is 6.51. The van der Waals surface area contributed by atoms with Gasteiger partial charge in [0.25, 0.3) is 0 Å². The van der Waals surface area contributed by atoms with Crippen LogP contribution < -0.4 is 4.74 Å². The van der Waals surface area contributed by atoms with Crippen LogP contribution in [0.5, 0.6) is 5.75 Å². The van der Waals surface area contributed by atoms with Crippen LogP contribution in [0.1, 0.15) is 18.9 Å². The van der Waals surface area contributed by atoms with Gasteiger partial charge in [-0.2, -0.15) is 0 Å². The van der Waals surface area contributed by atoms with Gasteiger partial charge in [-0.3, -0.25) is 9.00 Å². The van der Waals surface area contributed by atoms with Gasteiger partial charge in [-0.1, -0.05) is 13.0 Å². The monoisotopic (exact) mass is 348 g/mol. The van der Waals surface area contributed by atoms with Gasteiger partial charge in [0.05, 0.1) is 25.1 Å². The minimum atomic E-state index is -1.12. The van der Waals surface area contributed by atoms with E-state index in [9.17, 15) is 9.00 Å². The first-order valence-electron chi connectivity index (χ1n) is 5.74. The van der Waals surface area contributed by atoms with Crippen LogP contribution in [0.15, 0.2) is 22.7 Å². The minimum absolute atomic E-state index is 0.167. The van der Waals surface area contributed by atoms with E-state index in [-0.39, 0.29) is 17.6 Å². The van der Waals surface area contributed by atoms with E-state index in [0.717, 1.165) is 15.8 Å². The fourth-order valence-electron chi connectivity index (χ4n) is 1.52. The summed E-state index contributed by atoms with van der Waals surface area (Å²) in [6.45, 7) is 1.78. The SMILES string of the molecule is COC(=O)CC(C)S(=O)Cc1ccc(OC)c(Br)c1. The number of methoxy groups -OCH3 is 2. The molecule has 0 radical (unpaired) electrons. The lowest BCUT2D eigenvalue weighted by Gasteiger charge is -2.11. The lowest BCUT2D eigenvalue weighted by molar-refractivity contribution is -0.140. The van der Waals surface area contributed by atoms with E-state index >= 15 is 0 Å². The summed E-state index contributed by atoms with van der Waals surface area (Å²) >= 11 is 3.39. The predicted octanol–water partition coefficient (Wildman–Crippen LogP) is 2.66. The largest absolute Gasteiger partial charge is 0.496 e. The van der Waals surface area contributed by atoms with Crippen LogP contribution in [0.4, 0.5) is 0 Å². The van der Waals surface area contributed by atoms with Crippen LogP contribution in [0, 0.1) is 0 Å². The van der Waals surface area contributed by atoms with E-state index in [2.05, 4.69) is 20.7 Å². The summed E-state index contributed by atoms with van der Waals surface area (Å²) in [5.74, 6) is 0.801. The molecule has 0 bridgehead atoms. The number of halogens is 1. The van der Waals surface area contributed by atoms with Gasteiger partial charge in [-0.15, -0.1) is 0 Å². The highest BCUT2D eigenvalue weighted by molar-refractivity contribution is 9.10. The average Bonchev–Trinajstić information content (AvgIpc) is 2.38. The third-order valence-electron chi connectivity index (χ3n) is 2.66. The Morgan fingerprint density at radius 3 is 2.63 bits per heavy atom. The Balaban J connectivity index is 2.66. The van der Waals surface area contributed by atoms with Crippen LogP contribution in [0.25, 0.3) is 0 Å². The summed E-state index contributed by atoms with van der Waals surface area (Å²) in [6, 6.07) is 5.57. The Morgan fingerprint density at radius 1 is 1.42 bits per heavy atom. The fraction of sp³-hybridized carbons (Fsp3) is 0.462. The molecule has 0 amide bonds. The molecular weight excluding hydrogens is 332 g/mol. The Hall–Kier alpha value is -0.880. The molecule has 19 heavy (non-hydrogen) atoms. The van der Waals surface area contributed by atoms with Gasteiger partial charge >= 0.3 is 5.97 Å². The van der Waals surface area contributed by atoms with Gasteiger partial charge in [0.15, 0.2) is 0 Å². The third kappa shape index (κ3) is 4.95. The Morgan fingerprint density at radius 2 is 2.11 bits per heavy atom. The second-order valence-corrected chi connectivity index (χ2v) is 6.79. The van der Waals surface area contributed by atoms with E-state index in [1.54, 1.807) is 14.0 Å². The van der Waals surface area contributed by atoms with Crippen molar-refractivity contribution in [3.63, 3.8) is 0 Å². The molecule has 1 aromatic rings. The predicted molar refractivity (Wildman–Crippen MR) is 78.6 cm³/mol. The van der Waals surface area contributed by atoms with Crippen molar-refractivity contribution >= 4 is 32.7 Å². The van der Waals surface area contributed by atoms with Crippen molar-refractivity contribution in [2.45, 2.75) is 24.3 Å². The summed E-state index contributed by atoms with van der Waals surface area (Å²) in [7, 11) is 1.81. The molecule has 0 saturated heterocycles. The number of rotatable bonds is 6. The van der Waals surface area contributed by atoms with Crippen LogP contribution in [0.3, 0.4) is 0 Å². The lowest BCUT2D eigenvalue weighted by Crippen LogP contribution is -2.18. The van der Waals surface area contributed by atoms with Crippen LogP contribution in [-0.2, 0) is 26.1 Å². The number of carbonyl (C=O) groups excluding carboxylic acids is 1. The number of hydrogen-bond acceptors (Lipinski definition) is 4. The normalized spacial score (nSPS) is 13.7. The molecule has 4 nitrogen and oxygen atoms in total. The molecule has 0 N–H and O–H groups in total. The topological polar surface area (TPSA) is 52.6 Å². The zero-order valence-corrected chi connectivity index (χ0v) is 13.5. The highest BCUT2D eigenvalue weighted by Crippen LogP contribution is 2.26. The molecule has 0 spiro atoms. The summed E-state index contributed by atoms with van der Waals surface area (Å²) in [5.41, 5.74) is 0.933. The summed E-state index contributed by atoms with van der Waals surface area (Å²) in [5, 5.41) is -0.228. The summed E-state index contributed by atoms with van der Waals surface area (Å²) < 4.78 is 22.6. The van der Waals surface area contributed by atoms with Crippen molar-refractivity contribution < 1.29 is 18.5 Å². The first-order chi connectivity index (χ1) is 8.97. The van der Waals surface area contributed by atoms with Crippen LogP contribution in [0.2, 0.25) is 0 Å². The molecule has 0 aliphatic rings. The molecule has 0 aromatic heterocycles. The van der Waals surface area contributed by atoms with E-state index in [1.807, 2.05) is 18.2 Å². The molecule has 1 rings (SSSR count). The Labute approximate surface area is 124 Å². The number of benzene rings is 1. The molecule has 2 unspecified atom stereocenters. The zero-order chi connectivity index (χ0) is 14.4. The van der Waals surface area contributed by atoms with E-state index in [1.165, 1.54) is 7.11 Å². The standard InChI is InChI=1S/C13H17BrO4S/c1-9(6-13(15)18-3)19(16)8-10-4-5-12(17-2)11(14)7-10/h4-5,7,9H,6,8H2,1-3H3. The van der Waals surface area contributed by atoms with Gasteiger partial charge in [-0.25, -0.2) is 0 Å². The number of hydrogen-bond donors (Lipinski definition) is 0. The summed E-state index contributed by atoms with van der Waals surface area (Å²) in [4.78, 5) is 11.1. The average molecular weight is 349 g/mol. The van der Waals surface area contributed by atoms with Gasteiger partial charge in [0.1, 0.15) is 5.75 Å².